The van der Waals surface area contributed by atoms with Crippen LogP contribution in [0.1, 0.15) is 33.6 Å². The molecule has 124 valence electrons. The molecule has 3 N–H and O–H groups in total. The second-order valence-electron chi connectivity index (χ2n) is 7.48. The molecule has 4 aliphatic carbocycles. The second kappa shape index (κ2) is 6.14. The van der Waals surface area contributed by atoms with Gasteiger partial charge in [0.05, 0.1) is 4.86 Å². The number of allylic oxidation sites excluding steroid dienone is 5. The summed E-state index contributed by atoms with van der Waals surface area (Å²) in [5, 5.41) is 3.59. The number of rotatable bonds is 2. The van der Waals surface area contributed by atoms with E-state index >= 15 is 0 Å². The Morgan fingerprint density at radius 2 is 1.87 bits per heavy atom. The number of hydrogen-bond acceptors (Lipinski definition) is 4. The van der Waals surface area contributed by atoms with Gasteiger partial charge in [-0.15, -0.1) is 12.6 Å². The average Bonchev–Trinajstić information content (AvgIpc) is 2.62. The Labute approximate surface area is 150 Å². The molecule has 4 aliphatic rings. The highest BCUT2D eigenvalue weighted by Gasteiger charge is 2.43. The Morgan fingerprint density at radius 1 is 1.22 bits per heavy atom. The number of thiol groups is 1. The van der Waals surface area contributed by atoms with Gasteiger partial charge in [0.2, 0.25) is 0 Å². The molecule has 0 aromatic carbocycles. The summed E-state index contributed by atoms with van der Waals surface area (Å²) in [6.45, 7) is 11.2. The molecule has 0 aromatic rings. The number of thiocarbonyl (C=S) groups is 1. The molecule has 0 aromatic heterocycles. The largest absolute Gasteiger partial charge is 0.400 e. The first-order valence-electron chi connectivity index (χ1n) is 8.42. The monoisotopic (exact) mass is 346 g/mol. The van der Waals surface area contributed by atoms with Crippen molar-refractivity contribution in [2.45, 2.75) is 33.6 Å². The molecule has 0 radical (unpaired) electrons. The van der Waals surface area contributed by atoms with Crippen LogP contribution < -0.4 is 11.1 Å². The molecular weight excluding hydrogens is 320 g/mol. The van der Waals surface area contributed by atoms with Crippen LogP contribution in [0, 0.1) is 29.6 Å². The summed E-state index contributed by atoms with van der Waals surface area (Å²) in [6, 6.07) is 0. The van der Waals surface area contributed by atoms with Gasteiger partial charge in [-0.05, 0) is 48.3 Å². The van der Waals surface area contributed by atoms with Gasteiger partial charge in [0, 0.05) is 33.8 Å². The van der Waals surface area contributed by atoms with Crippen molar-refractivity contribution in [3.05, 3.63) is 46.3 Å². The minimum absolute atomic E-state index is 0.464. The molecule has 2 bridgehead atoms. The summed E-state index contributed by atoms with van der Waals surface area (Å²) in [5.41, 5.74) is 10.8. The summed E-state index contributed by atoms with van der Waals surface area (Å²) < 4.78 is 0. The first kappa shape index (κ1) is 16.8. The van der Waals surface area contributed by atoms with Crippen LogP contribution in [0.3, 0.4) is 0 Å². The van der Waals surface area contributed by atoms with Crippen molar-refractivity contribution in [1.29, 1.82) is 0 Å². The van der Waals surface area contributed by atoms with E-state index in [0.29, 0.717) is 29.6 Å². The second-order valence-corrected chi connectivity index (χ2v) is 8.40. The van der Waals surface area contributed by atoms with Crippen LogP contribution in [0.4, 0.5) is 0 Å². The van der Waals surface area contributed by atoms with Gasteiger partial charge in [0.25, 0.3) is 0 Å². The highest BCUT2D eigenvalue weighted by atomic mass is 32.1. The third kappa shape index (κ3) is 2.91. The maximum atomic E-state index is 6.63. The fourth-order valence-corrected chi connectivity index (χ4v) is 4.91. The molecule has 0 aliphatic heterocycles. The third-order valence-corrected chi connectivity index (χ3v) is 6.78. The fourth-order valence-electron chi connectivity index (χ4n) is 4.52. The van der Waals surface area contributed by atoms with Gasteiger partial charge in [-0.1, -0.05) is 39.6 Å². The van der Waals surface area contributed by atoms with Crippen molar-refractivity contribution in [2.24, 2.45) is 35.3 Å². The maximum Gasteiger partial charge on any atom is 0.0531 e. The van der Waals surface area contributed by atoms with Crippen molar-refractivity contribution < 1.29 is 0 Å². The van der Waals surface area contributed by atoms with Gasteiger partial charge in [0.1, 0.15) is 0 Å². The summed E-state index contributed by atoms with van der Waals surface area (Å²) >= 11 is 9.74. The Balaban J connectivity index is 1.94. The number of hydrogen-bond donors (Lipinski definition) is 3. The van der Waals surface area contributed by atoms with E-state index in [1.807, 2.05) is 12.2 Å². The highest BCUT2D eigenvalue weighted by Crippen LogP contribution is 2.49. The first-order chi connectivity index (χ1) is 10.8. The van der Waals surface area contributed by atoms with Crippen LogP contribution in [-0.2, 0) is 0 Å². The summed E-state index contributed by atoms with van der Waals surface area (Å²) in [4.78, 5) is 1.55. The predicted octanol–water partition coefficient (Wildman–Crippen LogP) is 4.33. The minimum atomic E-state index is 0.464. The molecule has 0 spiro atoms. The number of nitrogens with two attached hydrogens (primary N) is 1. The fraction of sp³-hybridized carbons (Fsp3) is 0.526. The van der Waals surface area contributed by atoms with E-state index in [1.165, 1.54) is 18.5 Å². The summed E-state index contributed by atoms with van der Waals surface area (Å²) in [7, 11) is 0. The zero-order valence-corrected chi connectivity index (χ0v) is 15.8. The number of nitrogens with one attached hydrogen (secondary N) is 1. The molecule has 4 heteroatoms. The van der Waals surface area contributed by atoms with E-state index in [4.69, 9.17) is 18.0 Å². The van der Waals surface area contributed by atoms with E-state index in [1.54, 1.807) is 0 Å². The van der Waals surface area contributed by atoms with Gasteiger partial charge in [-0.2, -0.15) is 0 Å². The lowest BCUT2D eigenvalue weighted by molar-refractivity contribution is 0.244. The average molecular weight is 347 g/mol. The predicted molar refractivity (Wildman–Crippen MR) is 105 cm³/mol. The Morgan fingerprint density at radius 3 is 2.57 bits per heavy atom. The van der Waals surface area contributed by atoms with E-state index in [9.17, 15) is 0 Å². The lowest BCUT2D eigenvalue weighted by Gasteiger charge is -2.36. The lowest BCUT2D eigenvalue weighted by Crippen LogP contribution is -2.36. The number of fused-ring (bicyclic) bond motifs is 3. The van der Waals surface area contributed by atoms with Crippen molar-refractivity contribution in [2.75, 3.05) is 0 Å². The van der Waals surface area contributed by atoms with Crippen molar-refractivity contribution >= 4 is 29.7 Å². The van der Waals surface area contributed by atoms with Crippen molar-refractivity contribution in [3.63, 3.8) is 0 Å². The van der Waals surface area contributed by atoms with Crippen molar-refractivity contribution in [3.8, 4) is 0 Å². The van der Waals surface area contributed by atoms with Gasteiger partial charge in [-0.3, -0.25) is 0 Å². The molecule has 4 unspecified atom stereocenters. The Bertz CT molecular complexity index is 656. The summed E-state index contributed by atoms with van der Waals surface area (Å²) in [6.07, 6.45) is 6.28. The molecular formula is C19H26N2S2. The minimum Gasteiger partial charge on any atom is -0.400 e. The molecule has 23 heavy (non-hydrogen) atoms. The molecule has 0 heterocycles. The summed E-state index contributed by atoms with van der Waals surface area (Å²) in [5.74, 6) is 2.94. The topological polar surface area (TPSA) is 38.0 Å². The van der Waals surface area contributed by atoms with Crippen LogP contribution in [0.5, 0.6) is 0 Å². The van der Waals surface area contributed by atoms with Crippen molar-refractivity contribution in [1.82, 2.24) is 5.32 Å². The SMILES string of the molecule is C=C1C=C(S)C(=S)C=C1NC1=C(N)C2C(C)CC1CC(C)[C@@H]2C. The van der Waals surface area contributed by atoms with Gasteiger partial charge >= 0.3 is 0 Å². The molecule has 1 fully saturated rings. The van der Waals surface area contributed by atoms with E-state index in [0.717, 1.165) is 26.7 Å². The Kier molecular flexibility index (Phi) is 4.49. The van der Waals surface area contributed by atoms with E-state index in [-0.39, 0.29) is 0 Å². The van der Waals surface area contributed by atoms with Gasteiger partial charge < -0.3 is 11.1 Å². The zero-order chi connectivity index (χ0) is 16.9. The van der Waals surface area contributed by atoms with Crippen LogP contribution in [0.2, 0.25) is 0 Å². The normalized spacial score (nSPS) is 37.5. The molecule has 0 saturated heterocycles. The third-order valence-electron chi connectivity index (χ3n) is 5.92. The van der Waals surface area contributed by atoms with Crippen LogP contribution >= 0.6 is 24.8 Å². The standard InChI is InChI=1S/C19H26N2S2/c1-9-5-13-6-11(3)17(12(9)4)18(20)19(13)21-14-8-16(23)15(22)7-10(14)2/h7-9,11-13,17,21-22H,2,5-6,20H2,1,3-4H3/t9?,11?,12-,13?,17?/m0/s1. The quantitative estimate of drug-likeness (QED) is 0.515. The van der Waals surface area contributed by atoms with E-state index < -0.39 is 0 Å². The van der Waals surface area contributed by atoms with Crippen LogP contribution in [-0.4, -0.2) is 4.86 Å². The Hall–Kier alpha value is -1.00. The molecule has 1 saturated carbocycles. The molecule has 5 atom stereocenters. The van der Waals surface area contributed by atoms with Crippen LogP contribution in [0.15, 0.2) is 46.3 Å². The van der Waals surface area contributed by atoms with Gasteiger partial charge in [0.15, 0.2) is 0 Å². The lowest BCUT2D eigenvalue weighted by atomic mass is 9.73. The highest BCUT2D eigenvalue weighted by molar-refractivity contribution is 7.90. The molecule has 4 rings (SSSR count). The maximum absolute atomic E-state index is 6.63. The van der Waals surface area contributed by atoms with E-state index in [2.05, 4.69) is 45.3 Å². The van der Waals surface area contributed by atoms with Crippen LogP contribution in [0.25, 0.3) is 0 Å². The van der Waals surface area contributed by atoms with Gasteiger partial charge in [-0.25, -0.2) is 0 Å². The molecule has 2 nitrogen and oxygen atoms in total. The smallest absolute Gasteiger partial charge is 0.0531 e. The molecule has 0 amide bonds. The first-order valence-corrected chi connectivity index (χ1v) is 9.27. The zero-order valence-electron chi connectivity index (χ0n) is 14.1.